The van der Waals surface area contributed by atoms with E-state index in [1.54, 1.807) is 0 Å². The van der Waals surface area contributed by atoms with Crippen LogP contribution in [0.3, 0.4) is 0 Å². The van der Waals surface area contributed by atoms with Gasteiger partial charge in [-0.3, -0.25) is 0 Å². The lowest BCUT2D eigenvalue weighted by Crippen LogP contribution is -2.26. The molecule has 6 heteroatoms. The van der Waals surface area contributed by atoms with Gasteiger partial charge in [-0.1, -0.05) is 38.4 Å². The molecule has 0 aromatic rings. The fourth-order valence-corrected chi connectivity index (χ4v) is 4.25. The Bertz CT molecular complexity index is 376. The van der Waals surface area contributed by atoms with Crippen LogP contribution in [0.5, 0.6) is 0 Å². The van der Waals surface area contributed by atoms with Crippen LogP contribution in [0.25, 0.3) is 0 Å². The number of hydrogen-bond acceptors (Lipinski definition) is 3. The molecule has 0 aromatic carbocycles. The summed E-state index contributed by atoms with van der Waals surface area (Å²) in [6.45, 7) is 3.82. The Kier molecular flexibility index (Phi) is 6.12. The number of esters is 1. The average Bonchev–Trinajstić information content (AvgIpc) is 2.22. The average molecular weight is 431 g/mol. The summed E-state index contributed by atoms with van der Waals surface area (Å²) < 4.78 is 11.8. The van der Waals surface area contributed by atoms with Crippen LogP contribution in [-0.2, 0) is 14.3 Å². The molecule has 1 aliphatic carbocycles. The Morgan fingerprint density at radius 2 is 2.24 bits per heavy atom. The van der Waals surface area contributed by atoms with Gasteiger partial charge in [0.2, 0.25) is 0 Å². The van der Waals surface area contributed by atoms with Crippen LogP contribution in [0.15, 0.2) is 33.8 Å². The highest BCUT2D eigenvalue weighted by Gasteiger charge is 2.28. The first-order valence-corrected chi connectivity index (χ1v) is 7.19. The smallest absolute Gasteiger partial charge is 0.330 e. The van der Waals surface area contributed by atoms with Crippen molar-refractivity contribution in [2.75, 3.05) is 13.2 Å². The van der Waals surface area contributed by atoms with Crippen molar-refractivity contribution in [3.8, 4) is 0 Å². The van der Waals surface area contributed by atoms with Crippen LogP contribution in [0.1, 0.15) is 6.42 Å². The molecule has 17 heavy (non-hydrogen) atoms. The molecule has 0 aromatic heterocycles. The minimum Gasteiger partial charge on any atom is -0.460 e. The van der Waals surface area contributed by atoms with Crippen molar-refractivity contribution in [1.29, 1.82) is 0 Å². The van der Waals surface area contributed by atoms with Gasteiger partial charge in [0.25, 0.3) is 0 Å². The molecule has 1 atom stereocenters. The molecule has 1 unspecified atom stereocenters. The first kappa shape index (κ1) is 15.1. The number of carbonyl (C=O) groups is 1. The van der Waals surface area contributed by atoms with Crippen molar-refractivity contribution in [2.24, 2.45) is 0 Å². The third kappa shape index (κ3) is 5.50. The predicted molar refractivity (Wildman–Crippen MR) is 77.4 cm³/mol. The molecule has 0 radical (unpaired) electrons. The van der Waals surface area contributed by atoms with E-state index in [1.807, 2.05) is 12.2 Å². The van der Waals surface area contributed by atoms with Gasteiger partial charge in [-0.25, -0.2) is 4.79 Å². The normalized spacial score (nSPS) is 23.7. The summed E-state index contributed by atoms with van der Waals surface area (Å²) in [7, 11) is 0. The number of rotatable bonds is 5. The standard InChI is InChI=1S/C11H11Br3O3/c1-2-10(15)16-3-4-17-11(14)6-8(12)5-9(13)7-11/h2,5-6H,1,3-4,7H2. The van der Waals surface area contributed by atoms with Gasteiger partial charge in [0, 0.05) is 21.5 Å². The lowest BCUT2D eigenvalue weighted by Gasteiger charge is -2.27. The summed E-state index contributed by atoms with van der Waals surface area (Å²) in [6.07, 6.45) is 5.67. The Morgan fingerprint density at radius 1 is 1.53 bits per heavy atom. The molecule has 0 saturated heterocycles. The van der Waals surface area contributed by atoms with E-state index in [2.05, 4.69) is 54.4 Å². The van der Waals surface area contributed by atoms with Gasteiger partial charge < -0.3 is 9.47 Å². The van der Waals surface area contributed by atoms with E-state index < -0.39 is 10.5 Å². The number of carbonyl (C=O) groups excluding carboxylic acids is 1. The van der Waals surface area contributed by atoms with Crippen LogP contribution in [0.2, 0.25) is 0 Å². The van der Waals surface area contributed by atoms with Crippen LogP contribution in [-0.4, -0.2) is 23.7 Å². The summed E-state index contributed by atoms with van der Waals surface area (Å²) in [6, 6.07) is 0. The van der Waals surface area contributed by atoms with E-state index in [-0.39, 0.29) is 6.61 Å². The van der Waals surface area contributed by atoms with Gasteiger partial charge >= 0.3 is 5.97 Å². The van der Waals surface area contributed by atoms with E-state index in [0.717, 1.165) is 15.0 Å². The second-order valence-electron chi connectivity index (χ2n) is 3.30. The largest absolute Gasteiger partial charge is 0.460 e. The highest BCUT2D eigenvalue weighted by atomic mass is 79.9. The van der Waals surface area contributed by atoms with E-state index >= 15 is 0 Å². The SMILES string of the molecule is C=CC(=O)OCCOC1(Br)C=C(Br)C=C(Br)C1. The molecule has 3 nitrogen and oxygen atoms in total. The molecule has 1 aliphatic rings. The van der Waals surface area contributed by atoms with Crippen LogP contribution >= 0.6 is 47.8 Å². The van der Waals surface area contributed by atoms with Gasteiger partial charge in [-0.2, -0.15) is 0 Å². The maximum absolute atomic E-state index is 10.8. The first-order chi connectivity index (χ1) is 7.95. The molecule has 0 aliphatic heterocycles. The molecule has 0 bridgehead atoms. The molecule has 0 heterocycles. The number of halogens is 3. The van der Waals surface area contributed by atoms with E-state index in [4.69, 9.17) is 9.47 Å². The fourth-order valence-electron chi connectivity index (χ4n) is 1.23. The van der Waals surface area contributed by atoms with Gasteiger partial charge in [0.05, 0.1) is 6.61 Å². The van der Waals surface area contributed by atoms with Crippen molar-refractivity contribution < 1.29 is 14.3 Å². The Hall–Kier alpha value is 0.0900. The number of hydrogen-bond donors (Lipinski definition) is 0. The van der Waals surface area contributed by atoms with Crippen molar-refractivity contribution in [3.63, 3.8) is 0 Å². The summed E-state index contributed by atoms with van der Waals surface area (Å²) in [5, 5.41) is 0. The third-order valence-electron chi connectivity index (χ3n) is 1.89. The fraction of sp³-hybridized carbons (Fsp3) is 0.364. The van der Waals surface area contributed by atoms with Crippen molar-refractivity contribution in [1.82, 2.24) is 0 Å². The molecule has 0 spiro atoms. The van der Waals surface area contributed by atoms with Gasteiger partial charge in [-0.05, 0) is 28.1 Å². The molecule has 1 rings (SSSR count). The van der Waals surface area contributed by atoms with Gasteiger partial charge in [0.15, 0.2) is 0 Å². The molecular formula is C11H11Br3O3. The van der Waals surface area contributed by atoms with E-state index in [0.29, 0.717) is 13.0 Å². The highest BCUT2D eigenvalue weighted by Crippen LogP contribution is 2.38. The van der Waals surface area contributed by atoms with Gasteiger partial charge in [0.1, 0.15) is 11.1 Å². The third-order valence-corrected chi connectivity index (χ3v) is 3.60. The highest BCUT2D eigenvalue weighted by molar-refractivity contribution is 9.12. The molecular weight excluding hydrogens is 420 g/mol. The second kappa shape index (κ2) is 6.87. The zero-order valence-corrected chi connectivity index (χ0v) is 13.7. The monoisotopic (exact) mass is 428 g/mol. The Labute approximate surface area is 125 Å². The summed E-state index contributed by atoms with van der Waals surface area (Å²) in [4.78, 5) is 10.8. The summed E-state index contributed by atoms with van der Waals surface area (Å²) >= 11 is 10.3. The minimum atomic E-state index is -0.569. The Balaban J connectivity index is 2.39. The van der Waals surface area contributed by atoms with Crippen molar-refractivity contribution >= 4 is 53.8 Å². The van der Waals surface area contributed by atoms with E-state index in [1.165, 1.54) is 0 Å². The zero-order valence-electron chi connectivity index (χ0n) is 8.92. The lowest BCUT2D eigenvalue weighted by atomic mass is 10.1. The van der Waals surface area contributed by atoms with Crippen LogP contribution in [0.4, 0.5) is 0 Å². The zero-order chi connectivity index (χ0) is 12.9. The summed E-state index contributed by atoms with van der Waals surface area (Å²) in [5.74, 6) is -0.446. The maximum Gasteiger partial charge on any atom is 0.330 e. The topological polar surface area (TPSA) is 35.5 Å². The maximum atomic E-state index is 10.8. The van der Waals surface area contributed by atoms with Crippen molar-refractivity contribution in [2.45, 2.75) is 10.9 Å². The number of allylic oxidation sites excluding steroid dienone is 2. The molecule has 94 valence electrons. The van der Waals surface area contributed by atoms with Crippen molar-refractivity contribution in [3.05, 3.63) is 33.8 Å². The first-order valence-electron chi connectivity index (χ1n) is 4.82. The predicted octanol–water partition coefficient (Wildman–Crippen LogP) is 3.78. The number of alkyl halides is 1. The second-order valence-corrected chi connectivity index (χ2v) is 6.58. The quantitative estimate of drug-likeness (QED) is 0.288. The number of ether oxygens (including phenoxy) is 2. The molecule has 0 N–H and O–H groups in total. The van der Waals surface area contributed by atoms with Crippen LogP contribution < -0.4 is 0 Å². The van der Waals surface area contributed by atoms with E-state index in [9.17, 15) is 4.79 Å². The molecule has 0 saturated carbocycles. The van der Waals surface area contributed by atoms with Gasteiger partial charge in [-0.15, -0.1) is 0 Å². The summed E-state index contributed by atoms with van der Waals surface area (Å²) in [5.41, 5.74) is 0. The molecule has 0 amide bonds. The Morgan fingerprint density at radius 3 is 2.82 bits per heavy atom. The molecule has 0 fully saturated rings. The lowest BCUT2D eigenvalue weighted by molar-refractivity contribution is -0.139. The minimum absolute atomic E-state index is 0.199. The van der Waals surface area contributed by atoms with Crippen LogP contribution in [0, 0.1) is 0 Å².